The fourth-order valence-electron chi connectivity index (χ4n) is 2.13. The molecule has 1 saturated carbocycles. The fraction of sp³-hybridized carbons (Fsp3) is 0.462. The van der Waals surface area contributed by atoms with Gasteiger partial charge in [0.25, 0.3) is 15.0 Å². The number of rotatable bonds is 4. The maximum atomic E-state index is 12.3. The van der Waals surface area contributed by atoms with E-state index < -0.39 is 9.05 Å². The second-order valence-corrected chi connectivity index (χ2v) is 8.63. The second-order valence-electron chi connectivity index (χ2n) is 5.24. The first kappa shape index (κ1) is 15.8. The highest BCUT2D eigenvalue weighted by Gasteiger charge is 2.34. The third-order valence-electron chi connectivity index (χ3n) is 3.57. The first-order valence-corrected chi connectivity index (χ1v) is 9.30. The van der Waals surface area contributed by atoms with Gasteiger partial charge in [0.2, 0.25) is 0 Å². The Balaban J connectivity index is 2.22. The van der Waals surface area contributed by atoms with Crippen LogP contribution in [0.2, 0.25) is 0 Å². The lowest BCUT2D eigenvalue weighted by Gasteiger charge is -2.17. The summed E-state index contributed by atoms with van der Waals surface area (Å²) in [6, 6.07) is 4.42. The average Bonchev–Trinajstić information content (AvgIpc) is 3.03. The quantitative estimate of drug-likeness (QED) is 0.754. The summed E-state index contributed by atoms with van der Waals surface area (Å²) >= 11 is 3.12. The summed E-state index contributed by atoms with van der Waals surface area (Å²) in [5, 5.41) is 0. The van der Waals surface area contributed by atoms with Crippen molar-refractivity contribution in [2.24, 2.45) is 11.8 Å². The third kappa shape index (κ3) is 3.54. The molecule has 2 unspecified atom stereocenters. The summed E-state index contributed by atoms with van der Waals surface area (Å²) in [5.41, 5.74) is 0.322. The Morgan fingerprint density at radius 2 is 2.10 bits per heavy atom. The molecule has 0 saturated heterocycles. The van der Waals surface area contributed by atoms with Crippen molar-refractivity contribution in [3.05, 3.63) is 28.2 Å². The van der Waals surface area contributed by atoms with Crippen LogP contribution in [0.25, 0.3) is 0 Å². The van der Waals surface area contributed by atoms with Gasteiger partial charge in [0, 0.05) is 34.3 Å². The van der Waals surface area contributed by atoms with E-state index in [4.69, 9.17) is 10.7 Å². The Bertz CT molecular complexity index is 647. The summed E-state index contributed by atoms with van der Waals surface area (Å²) in [6.45, 7) is 2.85. The van der Waals surface area contributed by atoms with Crippen molar-refractivity contribution in [3.8, 4) is 0 Å². The molecule has 4 nitrogen and oxygen atoms in total. The minimum Gasteiger partial charge on any atom is -0.341 e. The van der Waals surface area contributed by atoms with Gasteiger partial charge in [-0.1, -0.05) is 6.92 Å². The van der Waals surface area contributed by atoms with Gasteiger partial charge in [-0.25, -0.2) is 8.42 Å². The van der Waals surface area contributed by atoms with E-state index in [0.717, 1.165) is 6.42 Å². The third-order valence-corrected chi connectivity index (χ3v) is 5.89. The zero-order valence-corrected chi connectivity index (χ0v) is 14.3. The molecule has 2 atom stereocenters. The normalized spacial score (nSPS) is 21.6. The zero-order valence-electron chi connectivity index (χ0n) is 11.1. The van der Waals surface area contributed by atoms with Gasteiger partial charge in [0.05, 0.1) is 4.90 Å². The van der Waals surface area contributed by atoms with Crippen LogP contribution in [-0.2, 0) is 9.05 Å². The van der Waals surface area contributed by atoms with E-state index in [1.807, 2.05) is 0 Å². The Morgan fingerprint density at radius 1 is 1.50 bits per heavy atom. The van der Waals surface area contributed by atoms with Crippen molar-refractivity contribution < 1.29 is 13.2 Å². The Kier molecular flexibility index (Phi) is 4.47. The molecule has 1 fully saturated rings. The van der Waals surface area contributed by atoms with Crippen LogP contribution in [0.1, 0.15) is 23.7 Å². The number of benzene rings is 1. The molecule has 1 aromatic rings. The van der Waals surface area contributed by atoms with E-state index in [1.165, 1.54) is 12.1 Å². The molecule has 0 bridgehead atoms. The predicted octanol–water partition coefficient (Wildman–Crippen LogP) is 3.10. The van der Waals surface area contributed by atoms with E-state index >= 15 is 0 Å². The van der Waals surface area contributed by atoms with Crippen LogP contribution >= 0.6 is 26.6 Å². The van der Waals surface area contributed by atoms with Gasteiger partial charge in [-0.15, -0.1) is 0 Å². The summed E-state index contributed by atoms with van der Waals surface area (Å²) in [5.74, 6) is 1.02. The molecule has 1 amide bonds. The minimum atomic E-state index is -3.88. The highest BCUT2D eigenvalue weighted by atomic mass is 79.9. The molecule has 110 valence electrons. The van der Waals surface area contributed by atoms with Crippen molar-refractivity contribution in [1.29, 1.82) is 0 Å². The molecule has 0 N–H and O–H groups in total. The van der Waals surface area contributed by atoms with Gasteiger partial charge in [0.15, 0.2) is 0 Å². The molecule has 1 aromatic carbocycles. The van der Waals surface area contributed by atoms with Crippen molar-refractivity contribution in [1.82, 2.24) is 4.90 Å². The number of carbonyl (C=O) groups excluding carboxylic acids is 1. The van der Waals surface area contributed by atoms with Crippen LogP contribution in [0.3, 0.4) is 0 Å². The van der Waals surface area contributed by atoms with Gasteiger partial charge in [0.1, 0.15) is 0 Å². The lowest BCUT2D eigenvalue weighted by molar-refractivity contribution is 0.0787. The lowest BCUT2D eigenvalue weighted by Crippen LogP contribution is -2.29. The lowest BCUT2D eigenvalue weighted by atomic mass is 10.2. The molecule has 1 aliphatic carbocycles. The van der Waals surface area contributed by atoms with Gasteiger partial charge < -0.3 is 4.90 Å². The number of nitrogens with zero attached hydrogens (tertiary/aromatic N) is 1. The van der Waals surface area contributed by atoms with Crippen LogP contribution in [0.5, 0.6) is 0 Å². The number of halogens is 2. The van der Waals surface area contributed by atoms with E-state index in [-0.39, 0.29) is 10.8 Å². The molecule has 2 rings (SSSR count). The molecule has 0 aromatic heterocycles. The van der Waals surface area contributed by atoms with Crippen LogP contribution in [0.4, 0.5) is 0 Å². The van der Waals surface area contributed by atoms with E-state index in [9.17, 15) is 13.2 Å². The van der Waals surface area contributed by atoms with Gasteiger partial charge >= 0.3 is 0 Å². The van der Waals surface area contributed by atoms with Crippen LogP contribution in [0, 0.1) is 11.8 Å². The first-order valence-electron chi connectivity index (χ1n) is 6.20. The highest BCUT2D eigenvalue weighted by molar-refractivity contribution is 9.10. The molecule has 0 heterocycles. The summed E-state index contributed by atoms with van der Waals surface area (Å²) in [4.78, 5) is 13.8. The summed E-state index contributed by atoms with van der Waals surface area (Å²) < 4.78 is 23.2. The smallest absolute Gasteiger partial charge is 0.262 e. The number of carbonyl (C=O) groups is 1. The second kappa shape index (κ2) is 5.66. The molecule has 0 spiro atoms. The molecular formula is C13H15BrClNO3S. The number of amides is 1. The maximum Gasteiger partial charge on any atom is 0.262 e. The molecule has 1 aliphatic rings. The largest absolute Gasteiger partial charge is 0.341 e. The van der Waals surface area contributed by atoms with Crippen molar-refractivity contribution >= 4 is 41.6 Å². The van der Waals surface area contributed by atoms with Gasteiger partial charge in [-0.2, -0.15) is 0 Å². The van der Waals surface area contributed by atoms with E-state index in [1.54, 1.807) is 18.0 Å². The van der Waals surface area contributed by atoms with E-state index in [2.05, 4.69) is 22.9 Å². The fourth-order valence-corrected chi connectivity index (χ4v) is 4.25. The molecular weight excluding hydrogens is 366 g/mol. The van der Waals surface area contributed by atoms with Crippen LogP contribution < -0.4 is 0 Å². The van der Waals surface area contributed by atoms with Crippen molar-refractivity contribution in [3.63, 3.8) is 0 Å². The van der Waals surface area contributed by atoms with Crippen molar-refractivity contribution in [2.45, 2.75) is 18.2 Å². The van der Waals surface area contributed by atoms with Gasteiger partial charge in [-0.05, 0) is 52.4 Å². The summed E-state index contributed by atoms with van der Waals surface area (Å²) in [6.07, 6.45) is 1.14. The summed E-state index contributed by atoms with van der Waals surface area (Å²) in [7, 11) is 3.20. The molecule has 20 heavy (non-hydrogen) atoms. The number of hydrogen-bond acceptors (Lipinski definition) is 3. The van der Waals surface area contributed by atoms with Crippen LogP contribution in [0.15, 0.2) is 27.6 Å². The topological polar surface area (TPSA) is 54.5 Å². The standard InChI is InChI=1S/C13H15BrClNO3S/c1-8-5-10(8)7-16(2)13(17)9-3-4-11(14)12(6-9)20(15,18)19/h3-4,6,8,10H,5,7H2,1-2H3. The van der Waals surface area contributed by atoms with Crippen LogP contribution in [-0.4, -0.2) is 32.8 Å². The average molecular weight is 381 g/mol. The molecule has 0 aliphatic heterocycles. The SMILES string of the molecule is CC1CC1CN(C)C(=O)c1ccc(Br)c(S(=O)(=O)Cl)c1. The molecule has 7 heteroatoms. The number of hydrogen-bond donors (Lipinski definition) is 0. The first-order chi connectivity index (χ1) is 9.20. The predicted molar refractivity (Wildman–Crippen MR) is 81.4 cm³/mol. The highest BCUT2D eigenvalue weighted by Crippen LogP contribution is 2.38. The Morgan fingerprint density at radius 3 is 2.60 bits per heavy atom. The zero-order chi connectivity index (χ0) is 15.1. The monoisotopic (exact) mass is 379 g/mol. The minimum absolute atomic E-state index is 0.0850. The molecule has 0 radical (unpaired) electrons. The Hall–Kier alpha value is -0.590. The van der Waals surface area contributed by atoms with Gasteiger partial charge in [-0.3, -0.25) is 4.79 Å². The maximum absolute atomic E-state index is 12.3. The Labute approximate surface area is 131 Å². The van der Waals surface area contributed by atoms with Crippen molar-refractivity contribution in [2.75, 3.05) is 13.6 Å². The van der Waals surface area contributed by atoms with E-state index in [0.29, 0.717) is 28.4 Å².